The molecule has 0 saturated carbocycles. The summed E-state index contributed by atoms with van der Waals surface area (Å²) in [5.74, 6) is 0.429. The Morgan fingerprint density at radius 3 is 2.72 bits per heavy atom. The van der Waals surface area contributed by atoms with E-state index in [-0.39, 0.29) is 17.3 Å². The summed E-state index contributed by atoms with van der Waals surface area (Å²) in [6.45, 7) is 1.25. The molecule has 5 rings (SSSR count). The molecule has 3 heterocycles. The van der Waals surface area contributed by atoms with Gasteiger partial charge in [-0.05, 0) is 61.4 Å². The minimum Gasteiger partial charge on any atom is -0.497 e. The highest BCUT2D eigenvalue weighted by atomic mass is 19.1. The first-order valence-electron chi connectivity index (χ1n) is 9.79. The lowest BCUT2D eigenvalue weighted by Crippen LogP contribution is -2.51. The molecule has 3 aromatic rings. The van der Waals surface area contributed by atoms with Crippen molar-refractivity contribution in [1.29, 1.82) is 0 Å². The van der Waals surface area contributed by atoms with Gasteiger partial charge in [-0.3, -0.25) is 4.79 Å². The third-order valence-corrected chi connectivity index (χ3v) is 6.05. The second-order valence-corrected chi connectivity index (χ2v) is 7.66. The van der Waals surface area contributed by atoms with Crippen molar-refractivity contribution >= 4 is 11.6 Å². The number of nitrogens with zero attached hydrogens (tertiary/aromatic N) is 2. The molecular formula is C23H22FN3O2. The van der Waals surface area contributed by atoms with Gasteiger partial charge in [-0.25, -0.2) is 4.39 Å². The number of carbonyl (C=O) groups is 1. The number of carbonyl (C=O) groups excluding carboxylic acids is 1. The topological polar surface area (TPSA) is 46.5 Å². The van der Waals surface area contributed by atoms with Crippen LogP contribution >= 0.6 is 0 Å². The van der Waals surface area contributed by atoms with Gasteiger partial charge in [-0.1, -0.05) is 6.07 Å². The third-order valence-electron chi connectivity index (χ3n) is 6.05. The van der Waals surface area contributed by atoms with Crippen LogP contribution in [0.5, 0.6) is 5.75 Å². The number of anilines is 1. The zero-order valence-electron chi connectivity index (χ0n) is 16.2. The van der Waals surface area contributed by atoms with Gasteiger partial charge in [0.1, 0.15) is 11.6 Å². The van der Waals surface area contributed by atoms with Crippen molar-refractivity contribution in [3.8, 4) is 11.4 Å². The van der Waals surface area contributed by atoms with Gasteiger partial charge < -0.3 is 19.5 Å². The predicted octanol–water partition coefficient (Wildman–Crippen LogP) is 4.18. The molecule has 148 valence electrons. The van der Waals surface area contributed by atoms with E-state index in [0.29, 0.717) is 24.4 Å². The van der Waals surface area contributed by atoms with E-state index in [4.69, 9.17) is 4.74 Å². The summed E-state index contributed by atoms with van der Waals surface area (Å²) >= 11 is 0. The number of likely N-dealkylation sites (tertiary alicyclic amines) is 1. The SMILES string of the molecule is COc1cccc(C(=O)N2CCC3(CC2)Nc2cc(F)ccc2-n2cccc23)c1. The number of amides is 1. The Hall–Kier alpha value is -3.28. The minimum atomic E-state index is -0.310. The number of halogens is 1. The quantitative estimate of drug-likeness (QED) is 0.713. The number of fused-ring (bicyclic) bond motifs is 4. The largest absolute Gasteiger partial charge is 0.497 e. The third kappa shape index (κ3) is 2.87. The molecule has 0 radical (unpaired) electrons. The first kappa shape index (κ1) is 17.8. The monoisotopic (exact) mass is 391 g/mol. The van der Waals surface area contributed by atoms with Crippen molar-refractivity contribution in [2.24, 2.45) is 0 Å². The maximum atomic E-state index is 13.9. The van der Waals surface area contributed by atoms with Gasteiger partial charge in [0.05, 0.1) is 24.0 Å². The van der Waals surface area contributed by atoms with Gasteiger partial charge in [-0.2, -0.15) is 0 Å². The van der Waals surface area contributed by atoms with E-state index >= 15 is 0 Å². The highest BCUT2D eigenvalue weighted by molar-refractivity contribution is 5.94. The zero-order chi connectivity index (χ0) is 20.0. The number of piperidine rings is 1. The number of rotatable bonds is 2. The molecule has 2 aliphatic heterocycles. The van der Waals surface area contributed by atoms with E-state index in [9.17, 15) is 9.18 Å². The molecule has 0 atom stereocenters. The molecular weight excluding hydrogens is 369 g/mol. The molecule has 1 amide bonds. The number of hydrogen-bond donors (Lipinski definition) is 1. The summed E-state index contributed by atoms with van der Waals surface area (Å²) < 4.78 is 21.2. The summed E-state index contributed by atoms with van der Waals surface area (Å²) in [5, 5.41) is 3.59. The number of aromatic nitrogens is 1. The molecule has 0 bridgehead atoms. The lowest BCUT2D eigenvalue weighted by molar-refractivity contribution is 0.0676. The molecule has 0 aliphatic carbocycles. The molecule has 0 unspecified atom stereocenters. The van der Waals surface area contributed by atoms with Crippen LogP contribution in [0.15, 0.2) is 60.8 Å². The molecule has 29 heavy (non-hydrogen) atoms. The molecule has 2 aliphatic rings. The van der Waals surface area contributed by atoms with Gasteiger partial charge in [0, 0.05) is 30.5 Å². The van der Waals surface area contributed by atoms with Crippen LogP contribution in [0.25, 0.3) is 5.69 Å². The van der Waals surface area contributed by atoms with Gasteiger partial charge in [0.2, 0.25) is 0 Å². The summed E-state index contributed by atoms with van der Waals surface area (Å²) in [6, 6.07) is 16.2. The second-order valence-electron chi connectivity index (χ2n) is 7.66. The predicted molar refractivity (Wildman–Crippen MR) is 109 cm³/mol. The Bertz CT molecular complexity index is 1080. The second kappa shape index (κ2) is 6.65. The molecule has 1 saturated heterocycles. The van der Waals surface area contributed by atoms with Crippen LogP contribution in [0.1, 0.15) is 28.9 Å². The Balaban J connectivity index is 1.41. The standard InChI is InChI=1S/C23H22FN3O2/c1-29-18-5-2-4-16(14-18)22(28)26-12-9-23(10-13-26)21-6-3-11-27(21)20-8-7-17(24)15-19(20)25-23/h2-8,11,14-15,25H,9-10,12-13H2,1H3. The van der Waals surface area contributed by atoms with Crippen molar-refractivity contribution in [1.82, 2.24) is 9.47 Å². The number of benzene rings is 2. The lowest BCUT2D eigenvalue weighted by Gasteiger charge is -2.46. The van der Waals surface area contributed by atoms with E-state index < -0.39 is 0 Å². The van der Waals surface area contributed by atoms with E-state index in [1.807, 2.05) is 35.4 Å². The fourth-order valence-electron chi connectivity index (χ4n) is 4.53. The maximum Gasteiger partial charge on any atom is 0.253 e. The van der Waals surface area contributed by atoms with Crippen LogP contribution in [0.3, 0.4) is 0 Å². The van der Waals surface area contributed by atoms with Gasteiger partial charge in [0.15, 0.2) is 0 Å². The van der Waals surface area contributed by atoms with Crippen LogP contribution in [-0.2, 0) is 5.54 Å². The van der Waals surface area contributed by atoms with E-state index in [2.05, 4.69) is 16.0 Å². The number of hydrogen-bond acceptors (Lipinski definition) is 3. The van der Waals surface area contributed by atoms with Gasteiger partial charge in [0.25, 0.3) is 5.91 Å². The molecule has 2 aromatic carbocycles. The van der Waals surface area contributed by atoms with Crippen molar-refractivity contribution in [3.63, 3.8) is 0 Å². The Morgan fingerprint density at radius 1 is 1.10 bits per heavy atom. The minimum absolute atomic E-state index is 0.0105. The van der Waals surface area contributed by atoms with Crippen molar-refractivity contribution in [2.45, 2.75) is 18.4 Å². The lowest BCUT2D eigenvalue weighted by atomic mass is 9.82. The van der Waals surface area contributed by atoms with Gasteiger partial charge in [-0.15, -0.1) is 0 Å². The first-order valence-corrected chi connectivity index (χ1v) is 9.79. The first-order chi connectivity index (χ1) is 14.1. The van der Waals surface area contributed by atoms with E-state index in [1.54, 1.807) is 25.3 Å². The maximum absolute atomic E-state index is 13.9. The van der Waals surface area contributed by atoms with Crippen LogP contribution in [0.2, 0.25) is 0 Å². The smallest absolute Gasteiger partial charge is 0.253 e. The number of nitrogens with one attached hydrogen (secondary N) is 1. The average Bonchev–Trinajstić information content (AvgIpc) is 3.25. The molecule has 6 heteroatoms. The molecule has 5 nitrogen and oxygen atoms in total. The highest BCUT2D eigenvalue weighted by Crippen LogP contribution is 2.43. The van der Waals surface area contributed by atoms with Crippen LogP contribution in [-0.4, -0.2) is 35.6 Å². The Morgan fingerprint density at radius 2 is 1.93 bits per heavy atom. The molecule has 1 aromatic heterocycles. The van der Waals surface area contributed by atoms with E-state index in [0.717, 1.165) is 29.9 Å². The van der Waals surface area contributed by atoms with Crippen LogP contribution in [0, 0.1) is 5.82 Å². The molecule has 1 spiro atoms. The van der Waals surface area contributed by atoms with Crippen molar-refractivity contribution in [2.75, 3.05) is 25.5 Å². The summed E-state index contributed by atoms with van der Waals surface area (Å²) in [6.07, 6.45) is 3.52. The van der Waals surface area contributed by atoms with E-state index in [1.165, 1.54) is 6.07 Å². The highest BCUT2D eigenvalue weighted by Gasteiger charge is 2.42. The summed E-state index contributed by atoms with van der Waals surface area (Å²) in [7, 11) is 1.60. The Labute approximate surface area is 168 Å². The molecule has 1 N–H and O–H groups in total. The fraction of sp³-hybridized carbons (Fsp3) is 0.261. The molecule has 1 fully saturated rings. The number of methoxy groups -OCH3 is 1. The fourth-order valence-corrected chi connectivity index (χ4v) is 4.53. The number of ether oxygens (including phenoxy) is 1. The van der Waals surface area contributed by atoms with Gasteiger partial charge >= 0.3 is 0 Å². The normalized spacial score (nSPS) is 16.7. The van der Waals surface area contributed by atoms with Crippen LogP contribution < -0.4 is 10.1 Å². The zero-order valence-corrected chi connectivity index (χ0v) is 16.2. The van der Waals surface area contributed by atoms with Crippen molar-refractivity contribution in [3.05, 3.63) is 77.9 Å². The van der Waals surface area contributed by atoms with Crippen molar-refractivity contribution < 1.29 is 13.9 Å². The Kier molecular flexibility index (Phi) is 4.08. The van der Waals surface area contributed by atoms with Crippen LogP contribution in [0.4, 0.5) is 10.1 Å². The summed E-state index contributed by atoms with van der Waals surface area (Å²) in [4.78, 5) is 14.9. The average molecular weight is 391 g/mol. The summed E-state index contributed by atoms with van der Waals surface area (Å²) in [5.41, 5.74) is 3.22.